The highest BCUT2D eigenvalue weighted by molar-refractivity contribution is 5.90. The van der Waals surface area contributed by atoms with Crippen LogP contribution in [0.1, 0.15) is 44.5 Å². The number of aromatic nitrogens is 3. The SMILES string of the molecule is CC(C)CCn1c(CCCC(=O)Nc2cccc(C(F)(F)F)c2)nc2cccnc21. The third-order valence-corrected chi connectivity index (χ3v) is 4.79. The first-order valence-electron chi connectivity index (χ1n) is 10.0. The summed E-state index contributed by atoms with van der Waals surface area (Å²) in [5.41, 5.74) is 1.01. The Morgan fingerprint density at radius 3 is 2.73 bits per heavy atom. The molecule has 160 valence electrons. The number of anilines is 1. The fourth-order valence-electron chi connectivity index (χ4n) is 3.22. The van der Waals surface area contributed by atoms with Crippen LogP contribution in [0.15, 0.2) is 42.6 Å². The number of nitrogens with zero attached hydrogens (tertiary/aromatic N) is 3. The number of aryl methyl sites for hydroxylation is 2. The molecule has 0 spiro atoms. The van der Waals surface area contributed by atoms with Crippen LogP contribution < -0.4 is 5.32 Å². The molecule has 3 rings (SSSR count). The Kier molecular flexibility index (Phi) is 6.74. The van der Waals surface area contributed by atoms with Crippen molar-refractivity contribution in [2.45, 2.75) is 52.3 Å². The van der Waals surface area contributed by atoms with E-state index < -0.39 is 11.7 Å². The topological polar surface area (TPSA) is 59.8 Å². The monoisotopic (exact) mass is 418 g/mol. The number of pyridine rings is 1. The van der Waals surface area contributed by atoms with Crippen LogP contribution >= 0.6 is 0 Å². The van der Waals surface area contributed by atoms with Crippen molar-refractivity contribution >= 4 is 22.8 Å². The Balaban J connectivity index is 1.61. The van der Waals surface area contributed by atoms with Gasteiger partial charge in [-0.15, -0.1) is 0 Å². The van der Waals surface area contributed by atoms with Crippen LogP contribution in [-0.4, -0.2) is 20.4 Å². The highest BCUT2D eigenvalue weighted by Gasteiger charge is 2.30. The van der Waals surface area contributed by atoms with E-state index in [1.54, 1.807) is 6.20 Å². The molecule has 0 atom stereocenters. The molecule has 2 aromatic heterocycles. The summed E-state index contributed by atoms with van der Waals surface area (Å²) in [4.78, 5) is 21.3. The van der Waals surface area contributed by atoms with Crippen LogP contribution in [0.25, 0.3) is 11.2 Å². The maximum absolute atomic E-state index is 12.8. The minimum absolute atomic E-state index is 0.142. The van der Waals surface area contributed by atoms with Crippen molar-refractivity contribution < 1.29 is 18.0 Å². The number of amides is 1. The average Bonchev–Trinajstić information content (AvgIpc) is 3.03. The fourth-order valence-corrected chi connectivity index (χ4v) is 3.22. The van der Waals surface area contributed by atoms with Gasteiger partial charge in [0.1, 0.15) is 11.3 Å². The van der Waals surface area contributed by atoms with Crippen LogP contribution in [0.4, 0.5) is 18.9 Å². The molecule has 0 bridgehead atoms. The quantitative estimate of drug-likeness (QED) is 0.529. The van der Waals surface area contributed by atoms with E-state index in [1.165, 1.54) is 12.1 Å². The third-order valence-electron chi connectivity index (χ3n) is 4.79. The molecule has 0 fully saturated rings. The number of imidazole rings is 1. The predicted molar refractivity (Wildman–Crippen MR) is 110 cm³/mol. The molecular formula is C22H25F3N4O. The molecule has 0 aliphatic rings. The number of carbonyl (C=O) groups is 1. The minimum atomic E-state index is -4.44. The maximum atomic E-state index is 12.8. The van der Waals surface area contributed by atoms with E-state index in [2.05, 4.69) is 33.7 Å². The average molecular weight is 418 g/mol. The maximum Gasteiger partial charge on any atom is 0.416 e. The van der Waals surface area contributed by atoms with Crippen LogP contribution in [0.3, 0.4) is 0 Å². The number of hydrogen-bond acceptors (Lipinski definition) is 3. The number of nitrogens with one attached hydrogen (secondary N) is 1. The van der Waals surface area contributed by atoms with Crippen LogP contribution in [0.2, 0.25) is 0 Å². The Bertz CT molecular complexity index is 1010. The van der Waals surface area contributed by atoms with Gasteiger partial charge in [-0.2, -0.15) is 13.2 Å². The second-order valence-corrected chi connectivity index (χ2v) is 7.69. The van der Waals surface area contributed by atoms with E-state index in [9.17, 15) is 18.0 Å². The van der Waals surface area contributed by atoms with E-state index >= 15 is 0 Å². The van der Waals surface area contributed by atoms with Crippen molar-refractivity contribution in [1.29, 1.82) is 0 Å². The molecule has 1 N–H and O–H groups in total. The van der Waals surface area contributed by atoms with Crippen LogP contribution in [-0.2, 0) is 23.9 Å². The van der Waals surface area contributed by atoms with Gasteiger partial charge in [0.25, 0.3) is 0 Å². The van der Waals surface area contributed by atoms with Crippen molar-refractivity contribution in [3.63, 3.8) is 0 Å². The standard InChI is InChI=1S/C22H25F3N4O/c1-15(2)11-13-29-19(28-18-8-5-12-26-21(18)29)9-4-10-20(30)27-17-7-3-6-16(14-17)22(23,24)25/h3,5-8,12,14-15H,4,9-11,13H2,1-2H3,(H,27,30). The molecule has 2 heterocycles. The van der Waals surface area contributed by atoms with Gasteiger partial charge < -0.3 is 9.88 Å². The molecule has 1 amide bonds. The third kappa shape index (κ3) is 5.58. The van der Waals surface area contributed by atoms with Gasteiger partial charge in [0.05, 0.1) is 5.56 Å². The molecule has 3 aromatic rings. The molecule has 1 aromatic carbocycles. The predicted octanol–water partition coefficient (Wildman–Crippen LogP) is 5.46. The molecule has 0 saturated heterocycles. The number of fused-ring (bicyclic) bond motifs is 1. The number of alkyl halides is 3. The molecule has 0 radical (unpaired) electrons. The van der Waals surface area contributed by atoms with Gasteiger partial charge in [0.15, 0.2) is 5.65 Å². The lowest BCUT2D eigenvalue weighted by atomic mass is 10.1. The first-order chi connectivity index (χ1) is 14.2. The van der Waals surface area contributed by atoms with E-state index in [0.29, 0.717) is 18.8 Å². The van der Waals surface area contributed by atoms with Crippen LogP contribution in [0.5, 0.6) is 0 Å². The zero-order valence-corrected chi connectivity index (χ0v) is 17.0. The summed E-state index contributed by atoms with van der Waals surface area (Å²) in [6, 6.07) is 8.40. The number of hydrogen-bond donors (Lipinski definition) is 1. The number of benzene rings is 1. The summed E-state index contributed by atoms with van der Waals surface area (Å²) < 4.78 is 40.5. The van der Waals surface area contributed by atoms with Crippen molar-refractivity contribution in [1.82, 2.24) is 14.5 Å². The Morgan fingerprint density at radius 1 is 1.20 bits per heavy atom. The molecule has 8 heteroatoms. The first kappa shape index (κ1) is 21.8. The van der Waals surface area contributed by atoms with Crippen LogP contribution in [0, 0.1) is 5.92 Å². The van der Waals surface area contributed by atoms with Gasteiger partial charge in [0, 0.05) is 31.3 Å². The molecule has 5 nitrogen and oxygen atoms in total. The summed E-state index contributed by atoms with van der Waals surface area (Å²) in [5, 5.41) is 2.54. The van der Waals surface area contributed by atoms with Crippen molar-refractivity contribution in [3.05, 3.63) is 54.0 Å². The van der Waals surface area contributed by atoms with E-state index in [1.807, 2.05) is 12.1 Å². The summed E-state index contributed by atoms with van der Waals surface area (Å²) in [6.07, 6.45) is -0.394. The summed E-state index contributed by atoms with van der Waals surface area (Å²) >= 11 is 0. The Morgan fingerprint density at radius 2 is 2.00 bits per heavy atom. The van der Waals surface area contributed by atoms with Crippen molar-refractivity contribution in [2.24, 2.45) is 5.92 Å². The first-order valence-corrected chi connectivity index (χ1v) is 10.0. The number of rotatable bonds is 8. The zero-order valence-electron chi connectivity index (χ0n) is 17.0. The van der Waals surface area contributed by atoms with Crippen molar-refractivity contribution in [3.8, 4) is 0 Å². The smallest absolute Gasteiger partial charge is 0.326 e. The largest absolute Gasteiger partial charge is 0.416 e. The zero-order chi connectivity index (χ0) is 21.7. The molecule has 0 aliphatic heterocycles. The summed E-state index contributed by atoms with van der Waals surface area (Å²) in [5.74, 6) is 1.09. The Labute approximate surface area is 173 Å². The molecule has 0 unspecified atom stereocenters. The van der Waals surface area contributed by atoms with Gasteiger partial charge >= 0.3 is 6.18 Å². The minimum Gasteiger partial charge on any atom is -0.326 e. The molecule has 30 heavy (non-hydrogen) atoms. The second kappa shape index (κ2) is 9.28. The fraction of sp³-hybridized carbons (Fsp3) is 0.409. The van der Waals surface area contributed by atoms with Gasteiger partial charge in [-0.1, -0.05) is 19.9 Å². The van der Waals surface area contributed by atoms with Gasteiger partial charge in [0.2, 0.25) is 5.91 Å². The highest BCUT2D eigenvalue weighted by atomic mass is 19.4. The Hall–Kier alpha value is -2.90. The highest BCUT2D eigenvalue weighted by Crippen LogP contribution is 2.30. The van der Waals surface area contributed by atoms with E-state index in [4.69, 9.17) is 0 Å². The number of carbonyl (C=O) groups excluding carboxylic acids is 1. The molecular weight excluding hydrogens is 393 g/mol. The second-order valence-electron chi connectivity index (χ2n) is 7.69. The summed E-state index contributed by atoms with van der Waals surface area (Å²) in [7, 11) is 0. The van der Waals surface area contributed by atoms with E-state index in [-0.39, 0.29) is 18.0 Å². The normalized spacial score (nSPS) is 11.9. The van der Waals surface area contributed by atoms with Gasteiger partial charge in [-0.05, 0) is 49.1 Å². The lowest BCUT2D eigenvalue weighted by Gasteiger charge is -2.11. The lowest BCUT2D eigenvalue weighted by Crippen LogP contribution is -2.13. The van der Waals surface area contributed by atoms with Gasteiger partial charge in [-0.3, -0.25) is 4.79 Å². The molecule has 0 aliphatic carbocycles. The summed E-state index contributed by atoms with van der Waals surface area (Å²) in [6.45, 7) is 5.12. The van der Waals surface area contributed by atoms with Crippen molar-refractivity contribution in [2.75, 3.05) is 5.32 Å². The van der Waals surface area contributed by atoms with E-state index in [0.717, 1.165) is 42.1 Å². The molecule has 0 saturated carbocycles. The number of halogens is 3. The lowest BCUT2D eigenvalue weighted by molar-refractivity contribution is -0.137. The van der Waals surface area contributed by atoms with Gasteiger partial charge in [-0.25, -0.2) is 9.97 Å².